The highest BCUT2D eigenvalue weighted by Gasteiger charge is 2.47. The number of anilines is 1. The molecular formula is C20H18Cl3N3O3. The molecule has 3 rings (SSSR count). The Morgan fingerprint density at radius 2 is 1.72 bits per heavy atom. The van der Waals surface area contributed by atoms with Crippen LogP contribution in [0.3, 0.4) is 0 Å². The van der Waals surface area contributed by atoms with Crippen molar-refractivity contribution in [1.82, 2.24) is 10.2 Å². The minimum atomic E-state index is -1.07. The molecule has 0 bridgehead atoms. The second-order valence-electron chi connectivity index (χ2n) is 6.93. The molecular weight excluding hydrogens is 437 g/mol. The van der Waals surface area contributed by atoms with Crippen LogP contribution in [0.15, 0.2) is 42.5 Å². The molecule has 1 fully saturated rings. The Kier molecular flexibility index (Phi) is 6.36. The Bertz CT molecular complexity index is 968. The Balaban J connectivity index is 1.65. The molecule has 0 radical (unpaired) electrons. The highest BCUT2D eigenvalue weighted by molar-refractivity contribution is 6.44. The summed E-state index contributed by atoms with van der Waals surface area (Å²) >= 11 is 17.9. The third-order valence-electron chi connectivity index (χ3n) is 4.69. The van der Waals surface area contributed by atoms with Gasteiger partial charge in [0.1, 0.15) is 12.1 Å². The van der Waals surface area contributed by atoms with Gasteiger partial charge in [0, 0.05) is 0 Å². The van der Waals surface area contributed by atoms with Crippen LogP contribution in [-0.2, 0) is 16.0 Å². The number of imide groups is 1. The molecule has 0 unspecified atom stereocenters. The molecule has 4 amide bonds. The maximum Gasteiger partial charge on any atom is 0.325 e. The van der Waals surface area contributed by atoms with Gasteiger partial charge in [-0.05, 0) is 37.5 Å². The number of benzene rings is 2. The van der Waals surface area contributed by atoms with Crippen LogP contribution in [0.25, 0.3) is 0 Å². The van der Waals surface area contributed by atoms with Crippen LogP contribution >= 0.6 is 34.8 Å². The first-order valence-corrected chi connectivity index (χ1v) is 9.95. The minimum Gasteiger partial charge on any atom is -0.323 e. The minimum absolute atomic E-state index is 0.192. The monoisotopic (exact) mass is 453 g/mol. The van der Waals surface area contributed by atoms with Crippen LogP contribution in [0.4, 0.5) is 10.5 Å². The quantitative estimate of drug-likeness (QED) is 0.497. The second kappa shape index (κ2) is 8.61. The van der Waals surface area contributed by atoms with Crippen LogP contribution in [0, 0.1) is 0 Å². The van der Waals surface area contributed by atoms with Crippen molar-refractivity contribution in [2.75, 3.05) is 11.9 Å². The summed E-state index contributed by atoms with van der Waals surface area (Å²) in [5, 5.41) is 5.89. The highest BCUT2D eigenvalue weighted by atomic mass is 35.5. The number of nitrogens with one attached hydrogen (secondary N) is 2. The summed E-state index contributed by atoms with van der Waals surface area (Å²) in [7, 11) is 0. The fraction of sp³-hybridized carbons (Fsp3) is 0.250. The molecule has 2 N–H and O–H groups in total. The van der Waals surface area contributed by atoms with E-state index in [4.69, 9.17) is 34.8 Å². The molecule has 1 heterocycles. The molecule has 1 saturated heterocycles. The van der Waals surface area contributed by atoms with Crippen molar-refractivity contribution in [2.24, 2.45) is 0 Å². The maximum atomic E-state index is 12.8. The Hall–Kier alpha value is -2.28. The predicted octanol–water partition coefficient (Wildman–Crippen LogP) is 4.53. The number of urea groups is 1. The number of amides is 4. The van der Waals surface area contributed by atoms with Crippen molar-refractivity contribution in [3.8, 4) is 0 Å². The molecule has 152 valence electrons. The zero-order valence-corrected chi connectivity index (χ0v) is 17.7. The first-order chi connectivity index (χ1) is 13.7. The third kappa shape index (κ3) is 4.83. The lowest BCUT2D eigenvalue weighted by molar-refractivity contribution is -0.133. The van der Waals surface area contributed by atoms with E-state index in [0.717, 1.165) is 10.5 Å². The van der Waals surface area contributed by atoms with E-state index in [9.17, 15) is 14.4 Å². The van der Waals surface area contributed by atoms with Crippen molar-refractivity contribution >= 4 is 58.3 Å². The summed E-state index contributed by atoms with van der Waals surface area (Å²) in [5.74, 6) is -1.03. The summed E-state index contributed by atoms with van der Waals surface area (Å²) < 4.78 is 0. The summed E-state index contributed by atoms with van der Waals surface area (Å²) in [5.41, 5.74) is 0.222. The van der Waals surface area contributed by atoms with Crippen LogP contribution < -0.4 is 10.6 Å². The molecule has 0 aliphatic carbocycles. The van der Waals surface area contributed by atoms with Gasteiger partial charge in [-0.1, -0.05) is 65.1 Å². The Morgan fingerprint density at radius 3 is 2.41 bits per heavy atom. The molecule has 1 aliphatic heterocycles. The lowest BCUT2D eigenvalue weighted by atomic mass is 9.93. The first-order valence-electron chi connectivity index (χ1n) is 8.82. The molecule has 2 aromatic rings. The smallest absolute Gasteiger partial charge is 0.323 e. The average Bonchev–Trinajstić information content (AvgIpc) is 2.89. The molecule has 1 atom stereocenters. The molecule has 0 aromatic heterocycles. The number of hydrogen-bond donors (Lipinski definition) is 2. The molecule has 2 aromatic carbocycles. The SMILES string of the molecule is C[C@]1(CCc2ccccc2)NC(=O)N(CC(=O)Nc2cc(Cl)c(Cl)cc2Cl)C1=O. The summed E-state index contributed by atoms with van der Waals surface area (Å²) in [6.07, 6.45) is 1.03. The Labute approximate surface area is 183 Å². The van der Waals surface area contributed by atoms with Gasteiger partial charge in [0.05, 0.1) is 20.8 Å². The average molecular weight is 455 g/mol. The maximum absolute atomic E-state index is 12.8. The molecule has 0 saturated carbocycles. The van der Waals surface area contributed by atoms with E-state index in [2.05, 4.69) is 10.6 Å². The third-order valence-corrected chi connectivity index (χ3v) is 5.72. The predicted molar refractivity (Wildman–Crippen MR) is 114 cm³/mol. The van der Waals surface area contributed by atoms with Crippen molar-refractivity contribution in [3.63, 3.8) is 0 Å². The van der Waals surface area contributed by atoms with Crippen molar-refractivity contribution in [2.45, 2.75) is 25.3 Å². The lowest BCUT2D eigenvalue weighted by Gasteiger charge is -2.21. The number of nitrogens with zero attached hydrogens (tertiary/aromatic N) is 1. The standard InChI is InChI=1S/C20H18Cl3N3O3/c1-20(8-7-12-5-3-2-4-6-12)18(28)26(19(29)25-20)11-17(27)24-16-10-14(22)13(21)9-15(16)23/h2-6,9-10H,7-8,11H2,1H3,(H,24,27)(H,25,29)/t20-/m1/s1. The van der Waals surface area contributed by atoms with Gasteiger partial charge in [0.15, 0.2) is 0 Å². The number of carbonyl (C=O) groups excluding carboxylic acids is 3. The van der Waals surface area contributed by atoms with Gasteiger partial charge >= 0.3 is 6.03 Å². The van der Waals surface area contributed by atoms with E-state index in [-0.39, 0.29) is 20.8 Å². The molecule has 1 aliphatic rings. The van der Waals surface area contributed by atoms with E-state index >= 15 is 0 Å². The van der Waals surface area contributed by atoms with Gasteiger partial charge in [0.2, 0.25) is 5.91 Å². The number of rotatable bonds is 6. The van der Waals surface area contributed by atoms with Gasteiger partial charge in [-0.2, -0.15) is 0 Å². The van der Waals surface area contributed by atoms with E-state index in [1.807, 2.05) is 30.3 Å². The zero-order valence-electron chi connectivity index (χ0n) is 15.5. The van der Waals surface area contributed by atoms with Crippen LogP contribution in [-0.4, -0.2) is 34.8 Å². The second-order valence-corrected chi connectivity index (χ2v) is 8.16. The fourth-order valence-corrected chi connectivity index (χ4v) is 3.64. The highest BCUT2D eigenvalue weighted by Crippen LogP contribution is 2.32. The number of hydrogen-bond acceptors (Lipinski definition) is 3. The van der Waals surface area contributed by atoms with Crippen molar-refractivity contribution in [1.29, 1.82) is 0 Å². The normalized spacial score (nSPS) is 18.7. The molecule has 29 heavy (non-hydrogen) atoms. The molecule has 9 heteroatoms. The summed E-state index contributed by atoms with van der Waals surface area (Å²) in [6.45, 7) is 1.21. The van der Waals surface area contributed by atoms with Gasteiger partial charge in [-0.15, -0.1) is 0 Å². The van der Waals surface area contributed by atoms with Gasteiger partial charge in [0.25, 0.3) is 5.91 Å². The van der Waals surface area contributed by atoms with Gasteiger partial charge in [-0.25, -0.2) is 4.79 Å². The largest absolute Gasteiger partial charge is 0.325 e. The van der Waals surface area contributed by atoms with E-state index < -0.39 is 29.9 Å². The summed E-state index contributed by atoms with van der Waals surface area (Å²) in [6, 6.07) is 11.8. The Morgan fingerprint density at radius 1 is 1.07 bits per heavy atom. The van der Waals surface area contributed by atoms with Crippen molar-refractivity contribution in [3.05, 3.63) is 63.1 Å². The van der Waals surface area contributed by atoms with Crippen LogP contribution in [0.2, 0.25) is 15.1 Å². The van der Waals surface area contributed by atoms with E-state index in [1.54, 1.807) is 6.92 Å². The van der Waals surface area contributed by atoms with Crippen molar-refractivity contribution < 1.29 is 14.4 Å². The van der Waals surface area contributed by atoms with E-state index in [0.29, 0.717) is 12.8 Å². The van der Waals surface area contributed by atoms with Gasteiger partial charge in [-0.3, -0.25) is 14.5 Å². The first kappa shape index (κ1) is 21.4. The topological polar surface area (TPSA) is 78.5 Å². The number of carbonyl (C=O) groups is 3. The van der Waals surface area contributed by atoms with E-state index in [1.165, 1.54) is 12.1 Å². The van der Waals surface area contributed by atoms with Crippen LogP contribution in [0.1, 0.15) is 18.9 Å². The zero-order chi connectivity index (χ0) is 21.2. The lowest BCUT2D eigenvalue weighted by Crippen LogP contribution is -2.45. The van der Waals surface area contributed by atoms with Crippen LogP contribution in [0.5, 0.6) is 0 Å². The fourth-order valence-electron chi connectivity index (χ4n) is 3.05. The number of aryl methyl sites for hydroxylation is 1. The molecule has 6 nitrogen and oxygen atoms in total. The van der Waals surface area contributed by atoms with Gasteiger partial charge < -0.3 is 10.6 Å². The number of halogens is 3. The molecule has 0 spiro atoms. The summed E-state index contributed by atoms with van der Waals surface area (Å²) in [4.78, 5) is 38.4.